The number of fused-ring (bicyclic) bond motifs is 3. The average Bonchev–Trinajstić information content (AvgIpc) is 2.88. The van der Waals surface area contributed by atoms with Crippen LogP contribution in [0.3, 0.4) is 0 Å². The van der Waals surface area contributed by atoms with Gasteiger partial charge in [-0.2, -0.15) is 0 Å². The highest BCUT2D eigenvalue weighted by atomic mass is 79.9. The van der Waals surface area contributed by atoms with Crippen molar-refractivity contribution in [2.24, 2.45) is 0 Å². The molecule has 0 N–H and O–H groups in total. The zero-order chi connectivity index (χ0) is 16.6. The van der Waals surface area contributed by atoms with Gasteiger partial charge in [0, 0.05) is 27.7 Å². The van der Waals surface area contributed by atoms with E-state index in [9.17, 15) is 4.79 Å². The van der Waals surface area contributed by atoms with Gasteiger partial charge in [-0.15, -0.1) is 0 Å². The van der Waals surface area contributed by atoms with Gasteiger partial charge in [-0.1, -0.05) is 34.1 Å². The Kier molecular flexibility index (Phi) is 4.44. The normalized spacial score (nSPS) is 11.5. The summed E-state index contributed by atoms with van der Waals surface area (Å²) < 4.78 is 7.17. The minimum Gasteiger partial charge on any atom is -0.465 e. The van der Waals surface area contributed by atoms with Crippen LogP contribution in [-0.2, 0) is 11.2 Å². The van der Waals surface area contributed by atoms with E-state index in [4.69, 9.17) is 4.74 Å². The summed E-state index contributed by atoms with van der Waals surface area (Å²) in [4.78, 5) is 11.9. The maximum Gasteiger partial charge on any atom is 0.337 e. The molecule has 23 heavy (non-hydrogen) atoms. The summed E-state index contributed by atoms with van der Waals surface area (Å²) >= 11 is 3.54. The third kappa shape index (κ3) is 2.65. The summed E-state index contributed by atoms with van der Waals surface area (Å²) in [5, 5.41) is 3.41. The number of ether oxygens (including phenoxy) is 1. The maximum atomic E-state index is 11.9. The molecule has 1 aromatic heterocycles. The Morgan fingerprint density at radius 1 is 1.22 bits per heavy atom. The number of carbonyl (C=O) groups excluding carboxylic acids is 1. The Hall–Kier alpha value is -1.81. The van der Waals surface area contributed by atoms with Gasteiger partial charge in [0.15, 0.2) is 0 Å². The molecule has 0 amide bonds. The molecule has 0 radical (unpaired) electrons. The quantitative estimate of drug-likeness (QED) is 0.470. The van der Waals surface area contributed by atoms with Crippen LogP contribution in [0.15, 0.2) is 36.4 Å². The first-order chi connectivity index (χ1) is 11.1. The van der Waals surface area contributed by atoms with Crippen molar-refractivity contribution < 1.29 is 9.53 Å². The summed E-state index contributed by atoms with van der Waals surface area (Å²) in [6, 6.07) is 12.6. The van der Waals surface area contributed by atoms with Crippen molar-refractivity contribution in [3.63, 3.8) is 0 Å². The van der Waals surface area contributed by atoms with Crippen molar-refractivity contribution in [1.82, 2.24) is 4.57 Å². The summed E-state index contributed by atoms with van der Waals surface area (Å²) in [5.74, 6) is -0.298. The van der Waals surface area contributed by atoms with E-state index in [0.29, 0.717) is 11.6 Å². The number of methoxy groups -OCH3 is 1. The van der Waals surface area contributed by atoms with Crippen LogP contribution >= 0.6 is 15.9 Å². The number of aryl methyl sites for hydroxylation is 1. The van der Waals surface area contributed by atoms with E-state index < -0.39 is 0 Å². The number of benzene rings is 2. The predicted octanol–water partition coefficient (Wildman–Crippen LogP) is 5.10. The summed E-state index contributed by atoms with van der Waals surface area (Å²) in [6.45, 7) is 4.34. The van der Waals surface area contributed by atoms with E-state index in [0.717, 1.165) is 17.3 Å². The largest absolute Gasteiger partial charge is 0.465 e. The lowest BCUT2D eigenvalue weighted by molar-refractivity contribution is 0.0601. The molecule has 0 saturated heterocycles. The summed E-state index contributed by atoms with van der Waals surface area (Å²) in [6.07, 6.45) is 0.979. The standard InChI is InChI=1S/C19H20BrNO2/c1-12(2)21-16-6-4-5-13(9-10-20)18(16)15-8-7-14(11-17(15)21)19(22)23-3/h4-8,11-12H,9-10H2,1-3H3. The molecule has 0 aliphatic heterocycles. The first-order valence-corrected chi connectivity index (χ1v) is 8.90. The number of alkyl halides is 1. The van der Waals surface area contributed by atoms with Crippen LogP contribution in [0.2, 0.25) is 0 Å². The molecule has 0 aliphatic carbocycles. The van der Waals surface area contributed by atoms with Gasteiger partial charge in [-0.3, -0.25) is 0 Å². The molecule has 1 heterocycles. The molecule has 4 heteroatoms. The van der Waals surface area contributed by atoms with E-state index in [2.05, 4.69) is 52.5 Å². The van der Waals surface area contributed by atoms with Crippen LogP contribution in [0.25, 0.3) is 21.8 Å². The van der Waals surface area contributed by atoms with E-state index >= 15 is 0 Å². The molecule has 0 aliphatic rings. The van der Waals surface area contributed by atoms with Crippen LogP contribution in [-0.4, -0.2) is 23.0 Å². The fourth-order valence-electron chi connectivity index (χ4n) is 3.28. The number of hydrogen-bond donors (Lipinski definition) is 0. The van der Waals surface area contributed by atoms with Gasteiger partial charge < -0.3 is 9.30 Å². The van der Waals surface area contributed by atoms with Crippen molar-refractivity contribution in [2.45, 2.75) is 26.3 Å². The Labute approximate surface area is 144 Å². The number of halogens is 1. The molecule has 0 bridgehead atoms. The highest BCUT2D eigenvalue weighted by Gasteiger charge is 2.17. The third-order valence-corrected chi connectivity index (χ3v) is 4.61. The molecule has 0 saturated carbocycles. The third-order valence-electron chi connectivity index (χ3n) is 4.22. The number of aromatic nitrogens is 1. The predicted molar refractivity (Wildman–Crippen MR) is 98.7 cm³/mol. The molecule has 3 aromatic rings. The highest BCUT2D eigenvalue weighted by Crippen LogP contribution is 2.35. The number of rotatable bonds is 4. The van der Waals surface area contributed by atoms with Gasteiger partial charge in [0.25, 0.3) is 0 Å². The lowest BCUT2D eigenvalue weighted by Crippen LogP contribution is -2.03. The molecular formula is C19H20BrNO2. The van der Waals surface area contributed by atoms with Crippen LogP contribution in [0.4, 0.5) is 0 Å². The van der Waals surface area contributed by atoms with E-state index in [-0.39, 0.29) is 5.97 Å². The molecule has 0 unspecified atom stereocenters. The number of hydrogen-bond acceptors (Lipinski definition) is 2. The molecule has 0 spiro atoms. The van der Waals surface area contributed by atoms with Crippen LogP contribution in [0.5, 0.6) is 0 Å². The maximum absolute atomic E-state index is 11.9. The zero-order valence-electron chi connectivity index (χ0n) is 13.6. The first-order valence-electron chi connectivity index (χ1n) is 7.78. The van der Waals surface area contributed by atoms with Crippen molar-refractivity contribution in [2.75, 3.05) is 12.4 Å². The van der Waals surface area contributed by atoms with Gasteiger partial charge >= 0.3 is 5.97 Å². The molecule has 3 rings (SSSR count). The van der Waals surface area contributed by atoms with Crippen LogP contribution in [0.1, 0.15) is 35.8 Å². The minimum atomic E-state index is -0.298. The topological polar surface area (TPSA) is 31.2 Å². The second kappa shape index (κ2) is 6.36. The van der Waals surface area contributed by atoms with E-state index in [1.807, 2.05) is 18.2 Å². The second-order valence-electron chi connectivity index (χ2n) is 5.94. The summed E-state index contributed by atoms with van der Waals surface area (Å²) in [5.41, 5.74) is 4.22. The van der Waals surface area contributed by atoms with Crippen molar-refractivity contribution in [3.05, 3.63) is 47.5 Å². The molecule has 0 atom stereocenters. The van der Waals surface area contributed by atoms with Gasteiger partial charge in [0.1, 0.15) is 0 Å². The molecule has 120 valence electrons. The van der Waals surface area contributed by atoms with Gasteiger partial charge in [-0.05, 0) is 44.0 Å². The zero-order valence-corrected chi connectivity index (χ0v) is 15.2. The Bertz CT molecular complexity index is 880. The van der Waals surface area contributed by atoms with Crippen LogP contribution < -0.4 is 0 Å². The molecule has 3 nitrogen and oxygen atoms in total. The lowest BCUT2D eigenvalue weighted by atomic mass is 10.0. The smallest absolute Gasteiger partial charge is 0.337 e. The Morgan fingerprint density at radius 2 is 2.00 bits per heavy atom. The van der Waals surface area contributed by atoms with E-state index in [1.165, 1.54) is 29.0 Å². The number of carbonyl (C=O) groups is 1. The first kappa shape index (κ1) is 16.1. The van der Waals surface area contributed by atoms with Crippen molar-refractivity contribution >= 4 is 43.7 Å². The van der Waals surface area contributed by atoms with E-state index in [1.54, 1.807) is 0 Å². The molecule has 0 fully saturated rings. The Balaban J connectivity index is 2.41. The second-order valence-corrected chi connectivity index (χ2v) is 6.73. The number of esters is 1. The van der Waals surface area contributed by atoms with Crippen LogP contribution in [0, 0.1) is 0 Å². The molecule has 2 aromatic carbocycles. The fraction of sp³-hybridized carbons (Fsp3) is 0.316. The highest BCUT2D eigenvalue weighted by molar-refractivity contribution is 9.09. The monoisotopic (exact) mass is 373 g/mol. The number of nitrogens with zero attached hydrogens (tertiary/aromatic N) is 1. The SMILES string of the molecule is COC(=O)c1ccc2c3c(CCBr)cccc3n(C(C)C)c2c1. The fourth-order valence-corrected chi connectivity index (χ4v) is 3.71. The minimum absolute atomic E-state index is 0.298. The van der Waals surface area contributed by atoms with Gasteiger partial charge in [0.05, 0.1) is 18.2 Å². The Morgan fingerprint density at radius 3 is 2.65 bits per heavy atom. The average molecular weight is 374 g/mol. The van der Waals surface area contributed by atoms with Crippen molar-refractivity contribution in [3.8, 4) is 0 Å². The van der Waals surface area contributed by atoms with Gasteiger partial charge in [-0.25, -0.2) is 4.79 Å². The van der Waals surface area contributed by atoms with Gasteiger partial charge in [0.2, 0.25) is 0 Å². The lowest BCUT2D eigenvalue weighted by Gasteiger charge is -2.12. The summed E-state index contributed by atoms with van der Waals surface area (Å²) in [7, 11) is 1.42. The molecular weight excluding hydrogens is 354 g/mol. The van der Waals surface area contributed by atoms with Crippen molar-refractivity contribution in [1.29, 1.82) is 0 Å².